The number of nitrogens with one attached hydrogen (secondary N) is 1. The van der Waals surface area contributed by atoms with Crippen LogP contribution in [0.25, 0.3) is 0 Å². The van der Waals surface area contributed by atoms with E-state index < -0.39 is 0 Å². The van der Waals surface area contributed by atoms with E-state index in [-0.39, 0.29) is 0 Å². The Balaban J connectivity index is 1.78. The van der Waals surface area contributed by atoms with Gasteiger partial charge in [0.1, 0.15) is 0 Å². The van der Waals surface area contributed by atoms with Crippen LogP contribution in [0, 0.1) is 6.92 Å². The molecule has 2 aromatic rings. The van der Waals surface area contributed by atoms with Gasteiger partial charge in [-0.05, 0) is 31.0 Å². The number of aryl methyl sites for hydroxylation is 1. The van der Waals surface area contributed by atoms with Crippen molar-refractivity contribution in [2.45, 2.75) is 33.4 Å². The van der Waals surface area contributed by atoms with Crippen molar-refractivity contribution in [1.29, 1.82) is 0 Å². The van der Waals surface area contributed by atoms with E-state index in [1.165, 1.54) is 26.8 Å². The predicted octanol–water partition coefficient (Wildman–Crippen LogP) is 3.12. The van der Waals surface area contributed by atoms with Crippen LogP contribution in [-0.2, 0) is 19.5 Å². The smallest absolute Gasteiger partial charge is 0.186 e. The maximum Gasteiger partial charge on any atom is 0.186 e. The fourth-order valence-corrected chi connectivity index (χ4v) is 3.66. The number of nitrogens with zero attached hydrogens (tertiary/aromatic N) is 2. The minimum atomic E-state index is 0.935. The highest BCUT2D eigenvalue weighted by molar-refractivity contribution is 7.15. The molecule has 1 N–H and O–H groups in total. The fraction of sp³-hybridized carbons (Fsp3) is 0.438. The van der Waals surface area contributed by atoms with Crippen LogP contribution in [0.2, 0.25) is 0 Å². The lowest BCUT2D eigenvalue weighted by Crippen LogP contribution is -2.30. The molecular weight excluding hydrogens is 266 g/mol. The van der Waals surface area contributed by atoms with Crippen molar-refractivity contribution < 1.29 is 0 Å². The highest BCUT2D eigenvalue weighted by atomic mass is 32.1. The third-order valence-electron chi connectivity index (χ3n) is 3.82. The van der Waals surface area contributed by atoms with Crippen molar-refractivity contribution in [3.63, 3.8) is 0 Å². The second-order valence-corrected chi connectivity index (χ2v) is 6.29. The first-order chi connectivity index (χ1) is 9.78. The SMILES string of the molecule is CCNCc1sc(N2CCc3ccccc3C2)nc1C. The topological polar surface area (TPSA) is 28.2 Å². The van der Waals surface area contributed by atoms with Crippen molar-refractivity contribution >= 4 is 16.5 Å². The lowest BCUT2D eigenvalue weighted by molar-refractivity contribution is 0.725. The highest BCUT2D eigenvalue weighted by Crippen LogP contribution is 2.30. The molecule has 0 saturated carbocycles. The molecule has 4 heteroatoms. The van der Waals surface area contributed by atoms with Crippen LogP contribution in [0.4, 0.5) is 5.13 Å². The molecule has 1 aliphatic rings. The second-order valence-electron chi connectivity index (χ2n) is 5.23. The summed E-state index contributed by atoms with van der Waals surface area (Å²) in [7, 11) is 0. The Morgan fingerprint density at radius 2 is 2.10 bits per heavy atom. The van der Waals surface area contributed by atoms with E-state index in [0.717, 1.165) is 32.6 Å². The van der Waals surface area contributed by atoms with Crippen LogP contribution in [-0.4, -0.2) is 18.1 Å². The molecule has 0 spiro atoms. The molecule has 1 aromatic heterocycles. The molecule has 0 bridgehead atoms. The van der Waals surface area contributed by atoms with Crippen LogP contribution >= 0.6 is 11.3 Å². The van der Waals surface area contributed by atoms with Gasteiger partial charge in [-0.1, -0.05) is 31.2 Å². The number of rotatable bonds is 4. The number of hydrogen-bond donors (Lipinski definition) is 1. The Bertz CT molecular complexity index is 591. The van der Waals surface area contributed by atoms with Gasteiger partial charge in [0.25, 0.3) is 0 Å². The molecule has 0 aliphatic carbocycles. The van der Waals surface area contributed by atoms with E-state index in [9.17, 15) is 0 Å². The Labute approximate surface area is 124 Å². The number of hydrogen-bond acceptors (Lipinski definition) is 4. The molecule has 0 radical (unpaired) electrons. The van der Waals surface area contributed by atoms with Gasteiger partial charge in [0.2, 0.25) is 0 Å². The largest absolute Gasteiger partial charge is 0.343 e. The number of benzene rings is 1. The van der Waals surface area contributed by atoms with Gasteiger partial charge in [-0.25, -0.2) is 4.98 Å². The zero-order valence-electron chi connectivity index (χ0n) is 12.1. The number of aromatic nitrogens is 1. The summed E-state index contributed by atoms with van der Waals surface area (Å²) in [5, 5.41) is 4.56. The van der Waals surface area contributed by atoms with E-state index in [4.69, 9.17) is 4.98 Å². The third-order valence-corrected chi connectivity index (χ3v) is 5.04. The van der Waals surface area contributed by atoms with Crippen molar-refractivity contribution in [3.8, 4) is 0 Å². The van der Waals surface area contributed by atoms with E-state index >= 15 is 0 Å². The molecule has 0 amide bonds. The molecule has 2 heterocycles. The molecule has 0 atom stereocenters. The van der Waals surface area contributed by atoms with Crippen LogP contribution < -0.4 is 10.2 Å². The zero-order valence-corrected chi connectivity index (χ0v) is 13.0. The lowest BCUT2D eigenvalue weighted by atomic mass is 10.0. The van der Waals surface area contributed by atoms with E-state index in [1.807, 2.05) is 11.3 Å². The molecule has 0 saturated heterocycles. The standard InChI is InChI=1S/C16H21N3S/c1-3-17-10-15-12(2)18-16(20-15)19-9-8-13-6-4-5-7-14(13)11-19/h4-7,17H,3,8-11H2,1-2H3. The molecule has 1 aromatic carbocycles. The van der Waals surface area contributed by atoms with Gasteiger partial charge >= 0.3 is 0 Å². The van der Waals surface area contributed by atoms with Gasteiger partial charge in [-0.3, -0.25) is 0 Å². The number of anilines is 1. The maximum atomic E-state index is 4.76. The molecule has 1 aliphatic heterocycles. The van der Waals surface area contributed by atoms with Crippen molar-refractivity contribution in [2.75, 3.05) is 18.0 Å². The molecule has 3 rings (SSSR count). The van der Waals surface area contributed by atoms with E-state index in [0.29, 0.717) is 0 Å². The zero-order chi connectivity index (χ0) is 13.9. The van der Waals surface area contributed by atoms with Crippen LogP contribution in [0.3, 0.4) is 0 Å². The first-order valence-corrected chi connectivity index (χ1v) is 8.08. The number of fused-ring (bicyclic) bond motifs is 1. The summed E-state index contributed by atoms with van der Waals surface area (Å²) >= 11 is 1.83. The van der Waals surface area contributed by atoms with Gasteiger partial charge in [0.05, 0.1) is 5.69 Å². The van der Waals surface area contributed by atoms with Gasteiger partial charge in [0, 0.05) is 24.5 Å². The molecule has 20 heavy (non-hydrogen) atoms. The fourth-order valence-electron chi connectivity index (χ4n) is 2.61. The van der Waals surface area contributed by atoms with Gasteiger partial charge in [0.15, 0.2) is 5.13 Å². The summed E-state index contributed by atoms with van der Waals surface area (Å²) < 4.78 is 0. The summed E-state index contributed by atoms with van der Waals surface area (Å²) in [5.74, 6) is 0. The summed E-state index contributed by atoms with van der Waals surface area (Å²) in [5.41, 5.74) is 4.11. The molecule has 3 nitrogen and oxygen atoms in total. The first-order valence-electron chi connectivity index (χ1n) is 7.26. The van der Waals surface area contributed by atoms with Crippen LogP contribution in [0.5, 0.6) is 0 Å². The normalized spacial score (nSPS) is 14.4. The summed E-state index contributed by atoms with van der Waals surface area (Å²) in [4.78, 5) is 8.54. The van der Waals surface area contributed by atoms with Gasteiger partial charge < -0.3 is 10.2 Å². The maximum absolute atomic E-state index is 4.76. The van der Waals surface area contributed by atoms with Crippen LogP contribution in [0.1, 0.15) is 28.6 Å². The van der Waals surface area contributed by atoms with E-state index in [1.54, 1.807) is 0 Å². The van der Waals surface area contributed by atoms with Crippen LogP contribution in [0.15, 0.2) is 24.3 Å². The summed E-state index contributed by atoms with van der Waals surface area (Å²) in [6.45, 7) is 8.26. The lowest BCUT2D eigenvalue weighted by Gasteiger charge is -2.28. The van der Waals surface area contributed by atoms with Gasteiger partial charge in [-0.2, -0.15) is 0 Å². The summed E-state index contributed by atoms with van der Waals surface area (Å²) in [6.07, 6.45) is 1.12. The molecule has 0 unspecified atom stereocenters. The average Bonchev–Trinajstić information content (AvgIpc) is 2.86. The number of thiazole rings is 1. The first kappa shape index (κ1) is 13.6. The van der Waals surface area contributed by atoms with Crippen molar-refractivity contribution in [3.05, 3.63) is 46.0 Å². The van der Waals surface area contributed by atoms with Gasteiger partial charge in [-0.15, -0.1) is 11.3 Å². The Morgan fingerprint density at radius 1 is 1.30 bits per heavy atom. The molecule has 106 valence electrons. The second kappa shape index (κ2) is 5.94. The third kappa shape index (κ3) is 2.72. The Kier molecular flexibility index (Phi) is 4.03. The predicted molar refractivity (Wildman–Crippen MR) is 85.4 cm³/mol. The quantitative estimate of drug-likeness (QED) is 0.936. The molecule has 0 fully saturated rings. The molecular formula is C16H21N3S. The minimum absolute atomic E-state index is 0.935. The Hall–Kier alpha value is -1.39. The monoisotopic (exact) mass is 287 g/mol. The van der Waals surface area contributed by atoms with Crippen molar-refractivity contribution in [1.82, 2.24) is 10.3 Å². The van der Waals surface area contributed by atoms with E-state index in [2.05, 4.69) is 48.3 Å². The summed E-state index contributed by atoms with van der Waals surface area (Å²) in [6, 6.07) is 8.75. The Morgan fingerprint density at radius 3 is 2.90 bits per heavy atom. The minimum Gasteiger partial charge on any atom is -0.343 e. The highest BCUT2D eigenvalue weighted by Gasteiger charge is 2.19. The van der Waals surface area contributed by atoms with Crippen molar-refractivity contribution in [2.24, 2.45) is 0 Å². The average molecular weight is 287 g/mol.